The maximum absolute atomic E-state index is 13.0. The van der Waals surface area contributed by atoms with E-state index in [0.717, 1.165) is 12.1 Å². The van der Waals surface area contributed by atoms with Gasteiger partial charge in [-0.05, 0) is 24.6 Å². The fraction of sp³-hybridized carbons (Fsp3) is 0.364. The highest BCUT2D eigenvalue weighted by Gasteiger charge is 2.60. The lowest BCUT2D eigenvalue weighted by Gasteiger charge is -2.29. The van der Waals surface area contributed by atoms with Gasteiger partial charge in [0.15, 0.2) is 0 Å². The van der Waals surface area contributed by atoms with Crippen LogP contribution >= 0.6 is 11.6 Å². The Kier molecular flexibility index (Phi) is 4.24. The Balaban J connectivity index is 3.34. The summed E-state index contributed by atoms with van der Waals surface area (Å²) in [6.07, 6.45) is -4.98. The second kappa shape index (κ2) is 5.16. The number of ether oxygens (including phenoxy) is 1. The van der Waals surface area contributed by atoms with Crippen molar-refractivity contribution in [1.29, 1.82) is 0 Å². The zero-order valence-electron chi connectivity index (χ0n) is 9.42. The van der Waals surface area contributed by atoms with Gasteiger partial charge in [-0.25, -0.2) is 4.79 Å². The van der Waals surface area contributed by atoms with Crippen molar-refractivity contribution < 1.29 is 22.7 Å². The minimum Gasteiger partial charge on any atom is -0.464 e. The minimum atomic E-state index is -4.98. The van der Waals surface area contributed by atoms with Crippen LogP contribution in [0, 0.1) is 0 Å². The van der Waals surface area contributed by atoms with E-state index in [4.69, 9.17) is 17.3 Å². The van der Waals surface area contributed by atoms with Gasteiger partial charge in [0.05, 0.1) is 6.61 Å². The quantitative estimate of drug-likeness (QED) is 0.867. The van der Waals surface area contributed by atoms with Crippen LogP contribution in [0.1, 0.15) is 12.5 Å². The van der Waals surface area contributed by atoms with Gasteiger partial charge < -0.3 is 10.5 Å². The molecule has 100 valence electrons. The van der Waals surface area contributed by atoms with Crippen LogP contribution in [0.25, 0.3) is 0 Å². The molecule has 0 saturated heterocycles. The summed E-state index contributed by atoms with van der Waals surface area (Å²) in [4.78, 5) is 11.5. The van der Waals surface area contributed by atoms with Crippen LogP contribution in [0.3, 0.4) is 0 Å². The van der Waals surface area contributed by atoms with Crippen LogP contribution in [0.2, 0.25) is 5.02 Å². The molecular weight excluding hydrogens is 271 g/mol. The molecule has 1 atom stereocenters. The van der Waals surface area contributed by atoms with E-state index in [1.54, 1.807) is 0 Å². The number of benzene rings is 1. The Labute approximate surface area is 107 Å². The summed E-state index contributed by atoms with van der Waals surface area (Å²) in [5.74, 6) is -1.56. The van der Waals surface area contributed by atoms with Gasteiger partial charge in [0.25, 0.3) is 0 Å². The molecule has 3 nitrogen and oxygen atoms in total. The minimum absolute atomic E-state index is 0.0517. The van der Waals surface area contributed by atoms with Crippen LogP contribution in [0.5, 0.6) is 0 Å². The van der Waals surface area contributed by atoms with Crippen molar-refractivity contribution in [2.75, 3.05) is 6.61 Å². The fourth-order valence-corrected chi connectivity index (χ4v) is 1.57. The predicted octanol–water partition coefficient (Wildman–Crippen LogP) is 2.62. The van der Waals surface area contributed by atoms with E-state index in [0.29, 0.717) is 0 Å². The zero-order chi connectivity index (χ0) is 14.0. The van der Waals surface area contributed by atoms with Crippen LogP contribution in [-0.4, -0.2) is 18.8 Å². The summed E-state index contributed by atoms with van der Waals surface area (Å²) in [6, 6.07) is 4.74. The monoisotopic (exact) mass is 281 g/mol. The molecule has 0 fully saturated rings. The highest BCUT2D eigenvalue weighted by molar-refractivity contribution is 6.30. The summed E-state index contributed by atoms with van der Waals surface area (Å²) in [6.45, 7) is 1.20. The fourth-order valence-electron chi connectivity index (χ4n) is 1.38. The number of hydrogen-bond acceptors (Lipinski definition) is 3. The van der Waals surface area contributed by atoms with Crippen LogP contribution in [-0.2, 0) is 15.1 Å². The highest BCUT2D eigenvalue weighted by atomic mass is 35.5. The molecule has 18 heavy (non-hydrogen) atoms. The van der Waals surface area contributed by atoms with Gasteiger partial charge in [-0.1, -0.05) is 23.7 Å². The molecule has 0 saturated carbocycles. The van der Waals surface area contributed by atoms with Crippen molar-refractivity contribution in [3.63, 3.8) is 0 Å². The van der Waals surface area contributed by atoms with Crippen LogP contribution in [0.15, 0.2) is 24.3 Å². The lowest BCUT2D eigenvalue weighted by molar-refractivity contribution is -0.208. The average molecular weight is 282 g/mol. The molecule has 0 aromatic heterocycles. The molecule has 1 unspecified atom stereocenters. The first kappa shape index (κ1) is 14.8. The number of alkyl halides is 3. The van der Waals surface area contributed by atoms with E-state index >= 15 is 0 Å². The van der Waals surface area contributed by atoms with E-state index in [9.17, 15) is 18.0 Å². The molecule has 1 rings (SSSR count). The van der Waals surface area contributed by atoms with Gasteiger partial charge >= 0.3 is 12.1 Å². The molecule has 0 spiro atoms. The van der Waals surface area contributed by atoms with E-state index in [1.165, 1.54) is 19.1 Å². The Morgan fingerprint density at radius 3 is 2.50 bits per heavy atom. The highest BCUT2D eigenvalue weighted by Crippen LogP contribution is 2.38. The van der Waals surface area contributed by atoms with Crippen molar-refractivity contribution in [3.05, 3.63) is 34.9 Å². The second-order valence-electron chi connectivity index (χ2n) is 3.54. The number of halogens is 4. The van der Waals surface area contributed by atoms with E-state index in [1.807, 2.05) is 0 Å². The Hall–Kier alpha value is -1.27. The van der Waals surface area contributed by atoms with Gasteiger partial charge in [0.1, 0.15) is 0 Å². The smallest absolute Gasteiger partial charge is 0.421 e. The van der Waals surface area contributed by atoms with Gasteiger partial charge in [-0.2, -0.15) is 13.2 Å². The molecule has 1 aromatic carbocycles. The molecule has 0 aliphatic heterocycles. The summed E-state index contributed by atoms with van der Waals surface area (Å²) < 4.78 is 43.5. The molecular formula is C11H11ClF3NO2. The predicted molar refractivity (Wildman–Crippen MR) is 60.0 cm³/mol. The molecule has 0 radical (unpaired) electrons. The van der Waals surface area contributed by atoms with Crippen molar-refractivity contribution >= 4 is 17.6 Å². The normalized spacial score (nSPS) is 15.0. The molecule has 0 heterocycles. The van der Waals surface area contributed by atoms with Crippen LogP contribution in [0.4, 0.5) is 13.2 Å². The molecule has 0 aliphatic carbocycles. The number of rotatable bonds is 3. The lowest BCUT2D eigenvalue weighted by atomic mass is 9.90. The molecule has 7 heteroatoms. The van der Waals surface area contributed by atoms with E-state index in [2.05, 4.69) is 4.74 Å². The van der Waals surface area contributed by atoms with Gasteiger partial charge in [-0.3, -0.25) is 0 Å². The largest absolute Gasteiger partial charge is 0.464 e. The van der Waals surface area contributed by atoms with E-state index < -0.39 is 23.2 Å². The van der Waals surface area contributed by atoms with Gasteiger partial charge in [0.2, 0.25) is 5.54 Å². The Morgan fingerprint density at radius 1 is 1.44 bits per heavy atom. The summed E-state index contributed by atoms with van der Waals surface area (Å²) >= 11 is 5.61. The topological polar surface area (TPSA) is 52.3 Å². The molecule has 1 aromatic rings. The first-order valence-electron chi connectivity index (χ1n) is 5.02. The third-order valence-electron chi connectivity index (χ3n) is 2.32. The molecule has 0 aliphatic rings. The number of nitrogens with two attached hydrogens (primary N) is 1. The third-order valence-corrected chi connectivity index (χ3v) is 2.56. The summed E-state index contributed by atoms with van der Waals surface area (Å²) in [7, 11) is 0. The first-order chi connectivity index (χ1) is 8.23. The lowest BCUT2D eigenvalue weighted by Crippen LogP contribution is -2.57. The molecule has 0 amide bonds. The third kappa shape index (κ3) is 2.59. The molecule has 0 bridgehead atoms. The average Bonchev–Trinajstić information content (AvgIpc) is 2.26. The first-order valence-corrected chi connectivity index (χ1v) is 5.40. The standard InChI is InChI=1S/C11H11ClF3NO2/c1-2-18-9(17)10(16,11(13,14)15)7-4-3-5-8(12)6-7/h3-6H,2,16H2,1H3. The maximum Gasteiger partial charge on any atom is 0.421 e. The molecule has 2 N–H and O–H groups in total. The number of carbonyl (C=O) groups excluding carboxylic acids is 1. The number of hydrogen-bond donors (Lipinski definition) is 1. The zero-order valence-corrected chi connectivity index (χ0v) is 10.2. The van der Waals surface area contributed by atoms with Crippen molar-refractivity contribution in [2.24, 2.45) is 5.73 Å². The maximum atomic E-state index is 13.0. The number of esters is 1. The summed E-state index contributed by atoms with van der Waals surface area (Å²) in [5.41, 5.74) is 1.56. The van der Waals surface area contributed by atoms with Crippen molar-refractivity contribution in [1.82, 2.24) is 0 Å². The van der Waals surface area contributed by atoms with E-state index in [-0.39, 0.29) is 11.6 Å². The summed E-state index contributed by atoms with van der Waals surface area (Å²) in [5, 5.41) is 0.0517. The van der Waals surface area contributed by atoms with Crippen molar-refractivity contribution in [3.8, 4) is 0 Å². The Bertz CT molecular complexity index is 450. The SMILES string of the molecule is CCOC(=O)C(N)(c1cccc(Cl)c1)C(F)(F)F. The van der Waals surface area contributed by atoms with Crippen molar-refractivity contribution in [2.45, 2.75) is 18.6 Å². The van der Waals surface area contributed by atoms with Crippen LogP contribution < -0.4 is 5.73 Å². The van der Waals surface area contributed by atoms with Gasteiger partial charge in [-0.15, -0.1) is 0 Å². The van der Waals surface area contributed by atoms with Gasteiger partial charge in [0, 0.05) is 5.02 Å². The number of carbonyl (C=O) groups is 1. The second-order valence-corrected chi connectivity index (χ2v) is 3.97. The Morgan fingerprint density at radius 2 is 2.06 bits per heavy atom.